The van der Waals surface area contributed by atoms with Crippen molar-refractivity contribution in [3.63, 3.8) is 0 Å². The van der Waals surface area contributed by atoms with E-state index in [9.17, 15) is 17.6 Å². The Bertz CT molecular complexity index is 723. The maximum Gasteiger partial charge on any atom is 0.339 e. The molecule has 0 aromatic heterocycles. The fourth-order valence-corrected chi connectivity index (χ4v) is 4.95. The summed E-state index contributed by atoms with van der Waals surface area (Å²) in [5.74, 6) is -1.56. The Morgan fingerprint density at radius 2 is 2.17 bits per heavy atom. The molecule has 2 atom stereocenters. The topological polar surface area (TPSA) is 98.5 Å². The number of halogens is 1. The van der Waals surface area contributed by atoms with Crippen LogP contribution in [0.25, 0.3) is 0 Å². The van der Waals surface area contributed by atoms with Gasteiger partial charge < -0.3 is 10.5 Å². The maximum atomic E-state index is 13.5. The summed E-state index contributed by atoms with van der Waals surface area (Å²) in [6.07, 6.45) is 3.39. The molecular weight excluding hydrogens is 335 g/mol. The Hall–Kier alpha value is -1.51. The van der Waals surface area contributed by atoms with E-state index < -0.39 is 27.3 Å². The summed E-state index contributed by atoms with van der Waals surface area (Å²) in [5.41, 5.74) is 4.79. The van der Waals surface area contributed by atoms with Crippen molar-refractivity contribution in [2.75, 3.05) is 13.7 Å². The van der Waals surface area contributed by atoms with Crippen molar-refractivity contribution >= 4 is 16.0 Å². The number of ether oxygens (including phenoxy) is 1. The zero-order valence-corrected chi connectivity index (χ0v) is 14.7. The normalized spacial score (nSPS) is 24.6. The summed E-state index contributed by atoms with van der Waals surface area (Å²) in [6, 6.07) is 2.93. The molecule has 3 N–H and O–H groups in total. The Balaban J connectivity index is 2.45. The highest BCUT2D eigenvalue weighted by molar-refractivity contribution is 7.89. The van der Waals surface area contributed by atoms with E-state index >= 15 is 0 Å². The molecule has 24 heavy (non-hydrogen) atoms. The van der Waals surface area contributed by atoms with Gasteiger partial charge in [-0.25, -0.2) is 22.3 Å². The second kappa shape index (κ2) is 7.16. The highest BCUT2D eigenvalue weighted by atomic mass is 32.2. The van der Waals surface area contributed by atoms with Crippen molar-refractivity contribution < 1.29 is 22.3 Å². The third kappa shape index (κ3) is 3.60. The lowest BCUT2D eigenvalue weighted by molar-refractivity contribution is 0.0595. The van der Waals surface area contributed by atoms with Crippen molar-refractivity contribution in [2.45, 2.75) is 43.0 Å². The molecule has 134 valence electrons. The number of carbonyl (C=O) groups is 1. The standard InChI is InChI=1S/C16H23FN2O4S/c1-11-5-3-4-8-16(11,10-18)19-24(21,22)14-7-6-12(17)9-13(14)15(20)23-2/h6-7,9,11,19H,3-5,8,10,18H2,1-2H3. The molecule has 2 unspecified atom stereocenters. The van der Waals surface area contributed by atoms with E-state index in [1.807, 2.05) is 6.92 Å². The molecule has 1 aliphatic carbocycles. The summed E-state index contributed by atoms with van der Waals surface area (Å²) in [6.45, 7) is 2.11. The molecule has 1 fully saturated rings. The quantitative estimate of drug-likeness (QED) is 0.782. The summed E-state index contributed by atoms with van der Waals surface area (Å²) in [7, 11) is -2.95. The van der Waals surface area contributed by atoms with Gasteiger partial charge in [0.05, 0.1) is 17.6 Å². The van der Waals surface area contributed by atoms with Crippen LogP contribution < -0.4 is 10.5 Å². The van der Waals surface area contributed by atoms with Crippen LogP contribution >= 0.6 is 0 Å². The molecule has 8 heteroatoms. The number of carbonyl (C=O) groups excluding carboxylic acids is 1. The summed E-state index contributed by atoms with van der Waals surface area (Å²) >= 11 is 0. The fraction of sp³-hybridized carbons (Fsp3) is 0.562. The lowest BCUT2D eigenvalue weighted by atomic mass is 9.74. The Labute approximate surface area is 141 Å². The first kappa shape index (κ1) is 18.8. The molecule has 0 radical (unpaired) electrons. The Morgan fingerprint density at radius 1 is 1.46 bits per heavy atom. The zero-order chi connectivity index (χ0) is 18.0. The highest BCUT2D eigenvalue weighted by Crippen LogP contribution is 2.34. The molecule has 2 rings (SSSR count). The second-order valence-electron chi connectivity index (χ2n) is 6.24. The number of nitrogens with two attached hydrogens (primary N) is 1. The number of benzene rings is 1. The molecule has 0 saturated heterocycles. The summed E-state index contributed by atoms with van der Waals surface area (Å²) in [4.78, 5) is 11.5. The molecule has 0 amide bonds. The minimum atomic E-state index is -4.06. The van der Waals surface area contributed by atoms with Crippen molar-refractivity contribution in [2.24, 2.45) is 11.7 Å². The summed E-state index contributed by atoms with van der Waals surface area (Å²) < 4.78 is 46.4. The van der Waals surface area contributed by atoms with Crippen molar-refractivity contribution in [1.82, 2.24) is 4.72 Å². The van der Waals surface area contributed by atoms with Crippen LogP contribution in [-0.2, 0) is 14.8 Å². The van der Waals surface area contributed by atoms with Gasteiger partial charge in [-0.1, -0.05) is 19.8 Å². The lowest BCUT2D eigenvalue weighted by Gasteiger charge is -2.42. The van der Waals surface area contributed by atoms with Crippen molar-refractivity contribution in [3.05, 3.63) is 29.6 Å². The minimum absolute atomic E-state index is 0.0630. The molecule has 1 aromatic rings. The predicted octanol–water partition coefficient (Wildman–Crippen LogP) is 1.80. The van der Waals surface area contributed by atoms with Crippen LogP contribution in [0.2, 0.25) is 0 Å². The van der Waals surface area contributed by atoms with Gasteiger partial charge in [0.25, 0.3) is 0 Å². The monoisotopic (exact) mass is 358 g/mol. The first-order chi connectivity index (χ1) is 11.3. The summed E-state index contributed by atoms with van der Waals surface area (Å²) in [5, 5.41) is 0. The third-order valence-electron chi connectivity index (χ3n) is 4.79. The third-order valence-corrected chi connectivity index (χ3v) is 6.40. The van der Waals surface area contributed by atoms with Crippen LogP contribution in [-0.4, -0.2) is 33.6 Å². The van der Waals surface area contributed by atoms with E-state index in [2.05, 4.69) is 9.46 Å². The maximum absolute atomic E-state index is 13.5. The van der Waals surface area contributed by atoms with Crippen LogP contribution in [0, 0.1) is 11.7 Å². The van der Waals surface area contributed by atoms with Gasteiger partial charge >= 0.3 is 5.97 Å². The van der Waals surface area contributed by atoms with E-state index in [-0.39, 0.29) is 22.9 Å². The van der Waals surface area contributed by atoms with Gasteiger partial charge in [0.2, 0.25) is 10.0 Å². The lowest BCUT2D eigenvalue weighted by Crippen LogP contribution is -2.59. The SMILES string of the molecule is COC(=O)c1cc(F)ccc1S(=O)(=O)NC1(CN)CCCCC1C. The van der Waals surface area contributed by atoms with E-state index in [0.29, 0.717) is 6.42 Å². The van der Waals surface area contributed by atoms with Gasteiger partial charge in [0.15, 0.2) is 0 Å². The van der Waals surface area contributed by atoms with Gasteiger partial charge in [0, 0.05) is 12.1 Å². The molecule has 0 heterocycles. The van der Waals surface area contributed by atoms with Gasteiger partial charge in [-0.15, -0.1) is 0 Å². The molecule has 6 nitrogen and oxygen atoms in total. The fourth-order valence-electron chi connectivity index (χ4n) is 3.24. The van der Waals surface area contributed by atoms with Crippen LogP contribution in [0.5, 0.6) is 0 Å². The van der Waals surface area contributed by atoms with Gasteiger partial charge in [0.1, 0.15) is 5.82 Å². The minimum Gasteiger partial charge on any atom is -0.465 e. The van der Waals surface area contributed by atoms with Gasteiger partial charge in [-0.05, 0) is 37.0 Å². The molecule has 1 aromatic carbocycles. The Morgan fingerprint density at radius 3 is 2.75 bits per heavy atom. The number of hydrogen-bond donors (Lipinski definition) is 2. The number of hydrogen-bond acceptors (Lipinski definition) is 5. The first-order valence-corrected chi connectivity index (χ1v) is 9.36. The highest BCUT2D eigenvalue weighted by Gasteiger charge is 2.41. The van der Waals surface area contributed by atoms with Crippen LogP contribution in [0.15, 0.2) is 23.1 Å². The smallest absolute Gasteiger partial charge is 0.339 e. The number of methoxy groups -OCH3 is 1. The van der Waals surface area contributed by atoms with Gasteiger partial charge in [-0.3, -0.25) is 0 Å². The molecule has 1 aliphatic rings. The van der Waals surface area contributed by atoms with Gasteiger partial charge in [-0.2, -0.15) is 0 Å². The number of esters is 1. The van der Waals surface area contributed by atoms with Crippen molar-refractivity contribution in [3.8, 4) is 0 Å². The van der Waals surface area contributed by atoms with Crippen LogP contribution in [0.3, 0.4) is 0 Å². The predicted molar refractivity (Wildman–Crippen MR) is 87.5 cm³/mol. The molecule has 0 spiro atoms. The largest absolute Gasteiger partial charge is 0.465 e. The average Bonchev–Trinajstić information content (AvgIpc) is 2.55. The molecule has 1 saturated carbocycles. The Kier molecular flexibility index (Phi) is 5.62. The van der Waals surface area contributed by atoms with E-state index in [0.717, 1.165) is 44.6 Å². The number of sulfonamides is 1. The molecular formula is C16H23FN2O4S. The van der Waals surface area contributed by atoms with E-state index in [4.69, 9.17) is 5.73 Å². The zero-order valence-electron chi connectivity index (χ0n) is 13.8. The van der Waals surface area contributed by atoms with Crippen molar-refractivity contribution in [1.29, 1.82) is 0 Å². The molecule has 0 bridgehead atoms. The van der Waals surface area contributed by atoms with Crippen LogP contribution in [0.1, 0.15) is 43.0 Å². The number of rotatable bonds is 5. The molecule has 0 aliphatic heterocycles. The van der Waals surface area contributed by atoms with Crippen LogP contribution in [0.4, 0.5) is 4.39 Å². The second-order valence-corrected chi connectivity index (χ2v) is 7.90. The van der Waals surface area contributed by atoms with E-state index in [1.165, 1.54) is 0 Å². The first-order valence-electron chi connectivity index (χ1n) is 7.87. The average molecular weight is 358 g/mol. The number of nitrogens with one attached hydrogen (secondary N) is 1. The van der Waals surface area contributed by atoms with E-state index in [1.54, 1.807) is 0 Å².